The van der Waals surface area contributed by atoms with E-state index in [-0.39, 0.29) is 12.1 Å². The van der Waals surface area contributed by atoms with Gasteiger partial charge in [0.25, 0.3) is 0 Å². The van der Waals surface area contributed by atoms with Crippen LogP contribution in [-0.4, -0.2) is 28.6 Å². The van der Waals surface area contributed by atoms with Crippen molar-refractivity contribution in [3.63, 3.8) is 0 Å². The normalized spacial score (nSPS) is 11.3. The van der Waals surface area contributed by atoms with Gasteiger partial charge in [-0.3, -0.25) is 9.69 Å². The summed E-state index contributed by atoms with van der Waals surface area (Å²) in [5, 5.41) is 17.8. The summed E-state index contributed by atoms with van der Waals surface area (Å²) < 4.78 is 13.8. The molecular formula is C13H15FN2O2. The van der Waals surface area contributed by atoms with E-state index in [4.69, 9.17) is 10.4 Å². The Bertz CT molecular complexity index is 506. The summed E-state index contributed by atoms with van der Waals surface area (Å²) in [5.41, 5.74) is -0.824. The number of carbonyl (C=O) groups is 1. The number of aliphatic carboxylic acids is 1. The van der Waals surface area contributed by atoms with Crippen molar-refractivity contribution in [3.8, 4) is 6.07 Å². The molecule has 0 aliphatic heterocycles. The van der Waals surface area contributed by atoms with E-state index in [1.165, 1.54) is 11.0 Å². The van der Waals surface area contributed by atoms with Crippen LogP contribution in [0.15, 0.2) is 18.2 Å². The van der Waals surface area contributed by atoms with Gasteiger partial charge in [-0.1, -0.05) is 12.1 Å². The maximum Gasteiger partial charge on any atom is 0.323 e. The second-order valence-corrected chi connectivity index (χ2v) is 4.61. The predicted octanol–water partition coefficient (Wildman–Crippen LogP) is 1.99. The molecule has 0 spiro atoms. The molecule has 0 heterocycles. The van der Waals surface area contributed by atoms with Gasteiger partial charge in [0.05, 0.1) is 5.56 Å². The van der Waals surface area contributed by atoms with Gasteiger partial charge in [0.15, 0.2) is 0 Å². The zero-order valence-corrected chi connectivity index (χ0v) is 10.6. The molecule has 0 saturated carbocycles. The SMILES string of the molecule is CN(Cc1cccc(C#N)c1F)C(C)(C)C(=O)O. The first kappa shape index (κ1) is 14.1. The van der Waals surface area contributed by atoms with Crippen molar-refractivity contribution in [2.24, 2.45) is 0 Å². The fraction of sp³-hybridized carbons (Fsp3) is 0.385. The van der Waals surface area contributed by atoms with Gasteiger partial charge in [0.2, 0.25) is 0 Å². The molecule has 0 radical (unpaired) electrons. The van der Waals surface area contributed by atoms with Crippen molar-refractivity contribution in [2.75, 3.05) is 7.05 Å². The number of carboxylic acids is 1. The van der Waals surface area contributed by atoms with Crippen LogP contribution < -0.4 is 0 Å². The lowest BCUT2D eigenvalue weighted by atomic mass is 10.0. The summed E-state index contributed by atoms with van der Waals surface area (Å²) in [6, 6.07) is 6.28. The van der Waals surface area contributed by atoms with E-state index in [1.807, 2.05) is 0 Å². The highest BCUT2D eigenvalue weighted by atomic mass is 19.1. The Morgan fingerprint density at radius 2 is 2.17 bits per heavy atom. The Labute approximate surface area is 105 Å². The van der Waals surface area contributed by atoms with Crippen LogP contribution in [0.25, 0.3) is 0 Å². The lowest BCUT2D eigenvalue weighted by molar-refractivity contribution is -0.148. The average molecular weight is 250 g/mol. The first-order valence-corrected chi connectivity index (χ1v) is 5.42. The molecule has 1 rings (SSSR count). The summed E-state index contributed by atoms with van der Waals surface area (Å²) in [6.45, 7) is 3.21. The smallest absolute Gasteiger partial charge is 0.323 e. The van der Waals surface area contributed by atoms with E-state index in [0.29, 0.717) is 5.56 Å². The Kier molecular flexibility index (Phi) is 4.04. The molecule has 0 aliphatic rings. The van der Waals surface area contributed by atoms with Crippen LogP contribution in [-0.2, 0) is 11.3 Å². The quantitative estimate of drug-likeness (QED) is 0.887. The lowest BCUT2D eigenvalue weighted by Crippen LogP contribution is -2.47. The van der Waals surface area contributed by atoms with E-state index in [0.717, 1.165) is 0 Å². The number of rotatable bonds is 4. The van der Waals surface area contributed by atoms with Crippen LogP contribution in [0.4, 0.5) is 4.39 Å². The van der Waals surface area contributed by atoms with Crippen LogP contribution in [0.1, 0.15) is 25.0 Å². The fourth-order valence-corrected chi connectivity index (χ4v) is 1.40. The molecule has 0 amide bonds. The highest BCUT2D eigenvalue weighted by Gasteiger charge is 2.32. The average Bonchev–Trinajstić information content (AvgIpc) is 2.31. The van der Waals surface area contributed by atoms with Crippen molar-refractivity contribution >= 4 is 5.97 Å². The molecule has 4 nitrogen and oxygen atoms in total. The van der Waals surface area contributed by atoms with Gasteiger partial charge in [-0.05, 0) is 27.0 Å². The molecule has 1 aromatic carbocycles. The lowest BCUT2D eigenvalue weighted by Gasteiger charge is -2.31. The third-order valence-corrected chi connectivity index (χ3v) is 3.08. The molecule has 1 aromatic rings. The molecule has 0 unspecified atom stereocenters. The number of likely N-dealkylation sites (N-methyl/N-ethyl adjacent to an activating group) is 1. The number of hydrogen-bond donors (Lipinski definition) is 1. The maximum atomic E-state index is 13.8. The first-order valence-electron chi connectivity index (χ1n) is 5.42. The van der Waals surface area contributed by atoms with Gasteiger partial charge in [0.1, 0.15) is 17.4 Å². The predicted molar refractivity (Wildman–Crippen MR) is 64.3 cm³/mol. The largest absolute Gasteiger partial charge is 0.480 e. The van der Waals surface area contributed by atoms with Gasteiger partial charge in [-0.25, -0.2) is 4.39 Å². The minimum Gasteiger partial charge on any atom is -0.480 e. The number of halogens is 1. The number of hydrogen-bond acceptors (Lipinski definition) is 3. The second kappa shape index (κ2) is 5.15. The molecule has 0 bridgehead atoms. The summed E-state index contributed by atoms with van der Waals surface area (Å²) in [4.78, 5) is 12.6. The molecule has 0 aromatic heterocycles. The molecule has 1 N–H and O–H groups in total. The number of carboxylic acid groups (broad SMARTS) is 1. The van der Waals surface area contributed by atoms with Crippen molar-refractivity contribution in [1.29, 1.82) is 5.26 Å². The summed E-state index contributed by atoms with van der Waals surface area (Å²) in [6.07, 6.45) is 0. The van der Waals surface area contributed by atoms with E-state index in [1.54, 1.807) is 39.1 Å². The zero-order valence-electron chi connectivity index (χ0n) is 10.6. The molecule has 0 fully saturated rings. The van der Waals surface area contributed by atoms with Crippen molar-refractivity contribution in [1.82, 2.24) is 4.90 Å². The van der Waals surface area contributed by atoms with Crippen LogP contribution in [0, 0.1) is 17.1 Å². The number of benzene rings is 1. The molecule has 96 valence electrons. The summed E-state index contributed by atoms with van der Waals surface area (Å²) in [5.74, 6) is -1.57. The standard InChI is InChI=1S/C13H15FN2O2/c1-13(2,12(17)18)16(3)8-10-6-4-5-9(7-15)11(10)14/h4-6H,8H2,1-3H3,(H,17,18). The fourth-order valence-electron chi connectivity index (χ4n) is 1.40. The molecule has 18 heavy (non-hydrogen) atoms. The Hall–Kier alpha value is -1.93. The van der Waals surface area contributed by atoms with Gasteiger partial charge < -0.3 is 5.11 Å². The van der Waals surface area contributed by atoms with Gasteiger partial charge in [-0.2, -0.15) is 5.26 Å². The Balaban J connectivity index is 3.00. The van der Waals surface area contributed by atoms with Crippen LogP contribution in [0.3, 0.4) is 0 Å². The Morgan fingerprint density at radius 3 is 2.67 bits per heavy atom. The maximum absolute atomic E-state index is 13.8. The minimum absolute atomic E-state index is 0.0333. The third-order valence-electron chi connectivity index (χ3n) is 3.08. The summed E-state index contributed by atoms with van der Waals surface area (Å²) in [7, 11) is 1.60. The molecule has 0 aliphatic carbocycles. The third kappa shape index (κ3) is 2.66. The van der Waals surface area contributed by atoms with Crippen LogP contribution in [0.5, 0.6) is 0 Å². The molecular weight excluding hydrogens is 235 g/mol. The molecule has 0 atom stereocenters. The van der Waals surface area contributed by atoms with Gasteiger partial charge in [-0.15, -0.1) is 0 Å². The zero-order chi connectivity index (χ0) is 13.9. The number of nitriles is 1. The molecule has 0 saturated heterocycles. The van der Waals surface area contributed by atoms with E-state index in [9.17, 15) is 9.18 Å². The van der Waals surface area contributed by atoms with Gasteiger partial charge >= 0.3 is 5.97 Å². The summed E-state index contributed by atoms with van der Waals surface area (Å²) >= 11 is 0. The van der Waals surface area contributed by atoms with E-state index >= 15 is 0 Å². The second-order valence-electron chi connectivity index (χ2n) is 4.61. The van der Waals surface area contributed by atoms with Crippen molar-refractivity contribution < 1.29 is 14.3 Å². The van der Waals surface area contributed by atoms with Gasteiger partial charge in [0, 0.05) is 12.1 Å². The monoisotopic (exact) mass is 250 g/mol. The highest BCUT2D eigenvalue weighted by Crippen LogP contribution is 2.19. The molecule has 5 heteroatoms. The van der Waals surface area contributed by atoms with Crippen LogP contribution in [0.2, 0.25) is 0 Å². The van der Waals surface area contributed by atoms with Crippen LogP contribution >= 0.6 is 0 Å². The van der Waals surface area contributed by atoms with Crippen molar-refractivity contribution in [3.05, 3.63) is 35.1 Å². The first-order chi connectivity index (χ1) is 8.30. The Morgan fingerprint density at radius 1 is 1.56 bits per heavy atom. The van der Waals surface area contributed by atoms with E-state index < -0.39 is 17.3 Å². The highest BCUT2D eigenvalue weighted by molar-refractivity contribution is 5.77. The number of nitrogens with zero attached hydrogens (tertiary/aromatic N) is 2. The van der Waals surface area contributed by atoms with Crippen molar-refractivity contribution in [2.45, 2.75) is 25.9 Å². The topological polar surface area (TPSA) is 64.3 Å². The minimum atomic E-state index is -1.10. The van der Waals surface area contributed by atoms with E-state index in [2.05, 4.69) is 0 Å².